The summed E-state index contributed by atoms with van der Waals surface area (Å²) in [7, 11) is 1.50. The number of fused-ring (bicyclic) bond motifs is 1. The first-order valence-electron chi connectivity index (χ1n) is 9.37. The highest BCUT2D eigenvalue weighted by atomic mass is 16.5. The Morgan fingerprint density at radius 3 is 2.20 bits per heavy atom. The fraction of sp³-hybridized carbons (Fsp3) is 0.217. The van der Waals surface area contributed by atoms with E-state index in [2.05, 4.69) is 0 Å². The van der Waals surface area contributed by atoms with Crippen LogP contribution < -0.4 is 4.74 Å². The van der Waals surface area contributed by atoms with Crippen LogP contribution in [0.1, 0.15) is 40.1 Å². The van der Waals surface area contributed by atoms with Crippen LogP contribution in [-0.4, -0.2) is 48.2 Å². The van der Waals surface area contributed by atoms with Crippen LogP contribution in [0.4, 0.5) is 0 Å². The molecule has 154 valence electrons. The fourth-order valence-electron chi connectivity index (χ4n) is 3.04. The summed E-state index contributed by atoms with van der Waals surface area (Å²) in [5.74, 6) is -2.11. The Bertz CT molecular complexity index is 1020. The minimum absolute atomic E-state index is 0.235. The first-order chi connectivity index (χ1) is 14.3. The zero-order chi connectivity index (χ0) is 21.8. The van der Waals surface area contributed by atoms with Crippen LogP contribution in [-0.2, 0) is 14.3 Å². The SMILES string of the molecule is COc1cccc(C=C(C(=O)CN2C(=O)c3ccccc3C2=O)C(=O)OC(C)C)c1. The third kappa shape index (κ3) is 4.30. The number of ketones is 1. The number of methoxy groups -OCH3 is 1. The predicted molar refractivity (Wildman–Crippen MR) is 109 cm³/mol. The molecule has 0 fully saturated rings. The Balaban J connectivity index is 1.91. The van der Waals surface area contributed by atoms with Crippen LogP contribution in [0.15, 0.2) is 54.1 Å². The molecule has 0 N–H and O–H groups in total. The first-order valence-corrected chi connectivity index (χ1v) is 9.37. The summed E-state index contributed by atoms with van der Waals surface area (Å²) in [6.45, 7) is 2.76. The van der Waals surface area contributed by atoms with Gasteiger partial charge in [-0.2, -0.15) is 0 Å². The van der Waals surface area contributed by atoms with Crippen molar-refractivity contribution in [1.82, 2.24) is 4.90 Å². The summed E-state index contributed by atoms with van der Waals surface area (Å²) in [6, 6.07) is 13.1. The Kier molecular flexibility index (Phi) is 6.11. The first kappa shape index (κ1) is 21.0. The molecule has 0 spiro atoms. The van der Waals surface area contributed by atoms with Gasteiger partial charge in [-0.15, -0.1) is 0 Å². The largest absolute Gasteiger partial charge is 0.497 e. The quantitative estimate of drug-likeness (QED) is 0.231. The van der Waals surface area contributed by atoms with Gasteiger partial charge in [-0.25, -0.2) is 4.79 Å². The van der Waals surface area contributed by atoms with Crippen LogP contribution in [0.3, 0.4) is 0 Å². The number of benzene rings is 2. The number of carbonyl (C=O) groups excluding carboxylic acids is 4. The van der Waals surface area contributed by atoms with Crippen LogP contribution >= 0.6 is 0 Å². The summed E-state index contributed by atoms with van der Waals surface area (Å²) in [4.78, 5) is 51.5. The summed E-state index contributed by atoms with van der Waals surface area (Å²) < 4.78 is 10.4. The lowest BCUT2D eigenvalue weighted by Gasteiger charge is -2.15. The van der Waals surface area contributed by atoms with Crippen molar-refractivity contribution in [1.29, 1.82) is 0 Å². The molecule has 3 rings (SSSR count). The topological polar surface area (TPSA) is 90.0 Å². The van der Waals surface area contributed by atoms with Gasteiger partial charge in [0.25, 0.3) is 11.8 Å². The average molecular weight is 407 g/mol. The van der Waals surface area contributed by atoms with Gasteiger partial charge < -0.3 is 9.47 Å². The highest BCUT2D eigenvalue weighted by Crippen LogP contribution is 2.23. The summed E-state index contributed by atoms with van der Waals surface area (Å²) in [6.07, 6.45) is 0.923. The lowest BCUT2D eigenvalue weighted by Crippen LogP contribution is -2.36. The molecule has 7 nitrogen and oxygen atoms in total. The van der Waals surface area contributed by atoms with Gasteiger partial charge in [0.1, 0.15) is 11.3 Å². The lowest BCUT2D eigenvalue weighted by atomic mass is 10.1. The molecule has 1 heterocycles. The molecule has 0 saturated carbocycles. The van der Waals surface area contributed by atoms with Crippen molar-refractivity contribution in [2.24, 2.45) is 0 Å². The minimum Gasteiger partial charge on any atom is -0.497 e. The highest BCUT2D eigenvalue weighted by Gasteiger charge is 2.37. The second-order valence-corrected chi connectivity index (χ2v) is 6.95. The van der Waals surface area contributed by atoms with Crippen molar-refractivity contribution < 1.29 is 28.7 Å². The normalized spacial score (nSPS) is 13.5. The van der Waals surface area contributed by atoms with Gasteiger partial charge in [0.2, 0.25) is 0 Å². The average Bonchev–Trinajstić information content (AvgIpc) is 2.96. The van der Waals surface area contributed by atoms with Gasteiger partial charge in [-0.3, -0.25) is 19.3 Å². The Hall–Kier alpha value is -3.74. The van der Waals surface area contributed by atoms with E-state index in [-0.39, 0.29) is 16.7 Å². The number of hydrogen-bond acceptors (Lipinski definition) is 6. The molecule has 0 aliphatic carbocycles. The van der Waals surface area contributed by atoms with Crippen molar-refractivity contribution >= 4 is 29.6 Å². The van der Waals surface area contributed by atoms with E-state index in [4.69, 9.17) is 9.47 Å². The number of imide groups is 1. The van der Waals surface area contributed by atoms with E-state index in [9.17, 15) is 19.2 Å². The molecular formula is C23H21NO6. The molecule has 1 aliphatic heterocycles. The molecule has 0 unspecified atom stereocenters. The van der Waals surface area contributed by atoms with E-state index in [1.807, 2.05) is 0 Å². The zero-order valence-electron chi connectivity index (χ0n) is 16.9. The van der Waals surface area contributed by atoms with Crippen molar-refractivity contribution in [2.75, 3.05) is 13.7 Å². The number of ether oxygens (including phenoxy) is 2. The van der Waals surface area contributed by atoms with Crippen molar-refractivity contribution in [3.05, 3.63) is 70.8 Å². The molecular weight excluding hydrogens is 386 g/mol. The summed E-state index contributed by atoms with van der Waals surface area (Å²) >= 11 is 0. The van der Waals surface area contributed by atoms with Gasteiger partial charge in [0, 0.05) is 0 Å². The smallest absolute Gasteiger partial charge is 0.342 e. The monoisotopic (exact) mass is 407 g/mol. The highest BCUT2D eigenvalue weighted by molar-refractivity contribution is 6.26. The van der Waals surface area contributed by atoms with Crippen LogP contribution in [0.25, 0.3) is 6.08 Å². The summed E-state index contributed by atoms with van der Waals surface area (Å²) in [5.41, 5.74) is 0.756. The molecule has 1 aliphatic rings. The van der Waals surface area contributed by atoms with Crippen LogP contribution in [0, 0.1) is 0 Å². The van der Waals surface area contributed by atoms with Gasteiger partial charge in [-0.05, 0) is 49.8 Å². The maximum absolute atomic E-state index is 13.0. The fourth-order valence-corrected chi connectivity index (χ4v) is 3.04. The number of nitrogens with zero attached hydrogens (tertiary/aromatic N) is 1. The number of Topliss-reactive ketones (excluding diaryl/α,β-unsaturated/α-hetero) is 1. The molecule has 2 aromatic carbocycles. The van der Waals surface area contributed by atoms with E-state index in [0.29, 0.717) is 11.3 Å². The number of amides is 2. The van der Waals surface area contributed by atoms with Gasteiger partial charge >= 0.3 is 5.97 Å². The van der Waals surface area contributed by atoms with E-state index in [1.54, 1.807) is 50.2 Å². The van der Waals surface area contributed by atoms with E-state index in [0.717, 1.165) is 4.90 Å². The number of hydrogen-bond donors (Lipinski definition) is 0. The molecule has 0 bridgehead atoms. The third-order valence-electron chi connectivity index (χ3n) is 4.45. The third-order valence-corrected chi connectivity index (χ3v) is 4.45. The van der Waals surface area contributed by atoms with Crippen LogP contribution in [0.5, 0.6) is 5.75 Å². The lowest BCUT2D eigenvalue weighted by molar-refractivity contribution is -0.143. The second-order valence-electron chi connectivity index (χ2n) is 6.95. The number of carbonyl (C=O) groups is 4. The minimum atomic E-state index is -0.825. The van der Waals surface area contributed by atoms with Crippen molar-refractivity contribution in [3.63, 3.8) is 0 Å². The number of rotatable bonds is 7. The molecule has 7 heteroatoms. The molecule has 2 amide bonds. The maximum atomic E-state index is 13.0. The van der Waals surface area contributed by atoms with Crippen molar-refractivity contribution in [3.8, 4) is 5.75 Å². The molecule has 30 heavy (non-hydrogen) atoms. The predicted octanol–water partition coefficient (Wildman–Crippen LogP) is 2.90. The standard InChI is InChI=1S/C23H21NO6/c1-14(2)30-23(28)19(12-15-7-6-8-16(11-15)29-3)20(25)13-24-21(26)17-9-4-5-10-18(17)22(24)27/h4-12,14H,13H2,1-3H3. The van der Waals surface area contributed by atoms with Crippen molar-refractivity contribution in [2.45, 2.75) is 20.0 Å². The Morgan fingerprint density at radius 1 is 1.00 bits per heavy atom. The molecule has 2 aromatic rings. The van der Waals surface area contributed by atoms with E-state index in [1.165, 1.54) is 25.3 Å². The van der Waals surface area contributed by atoms with E-state index >= 15 is 0 Å². The maximum Gasteiger partial charge on any atom is 0.342 e. The van der Waals surface area contributed by atoms with Gasteiger partial charge in [-0.1, -0.05) is 24.3 Å². The van der Waals surface area contributed by atoms with Crippen LogP contribution in [0.2, 0.25) is 0 Å². The van der Waals surface area contributed by atoms with Gasteiger partial charge in [0.05, 0.1) is 30.9 Å². The van der Waals surface area contributed by atoms with E-state index < -0.39 is 36.2 Å². The summed E-state index contributed by atoms with van der Waals surface area (Å²) in [5, 5.41) is 0. The Labute approximate surface area is 173 Å². The molecule has 0 aromatic heterocycles. The number of esters is 1. The van der Waals surface area contributed by atoms with Gasteiger partial charge in [0.15, 0.2) is 5.78 Å². The zero-order valence-corrected chi connectivity index (χ0v) is 16.9. The second kappa shape index (κ2) is 8.73. The molecule has 0 radical (unpaired) electrons. The molecule has 0 saturated heterocycles. The Morgan fingerprint density at radius 2 is 1.63 bits per heavy atom. The molecule has 0 atom stereocenters.